The molecule has 0 aliphatic carbocycles. The first kappa shape index (κ1) is 22.1. The summed E-state index contributed by atoms with van der Waals surface area (Å²) in [6, 6.07) is 18.0. The first-order valence-corrected chi connectivity index (χ1v) is 10.6. The largest absolute Gasteiger partial charge is 0.357 e. The number of aliphatic imine (C=N–C) groups is 1. The summed E-state index contributed by atoms with van der Waals surface area (Å²) in [5.74, 6) is 0.710. The number of carbonyl (C=O) groups is 1. The van der Waals surface area contributed by atoms with E-state index >= 15 is 0 Å². The van der Waals surface area contributed by atoms with Gasteiger partial charge in [0.1, 0.15) is 0 Å². The van der Waals surface area contributed by atoms with Crippen LogP contribution in [0.3, 0.4) is 0 Å². The van der Waals surface area contributed by atoms with Crippen LogP contribution < -0.4 is 16.0 Å². The third-order valence-electron chi connectivity index (χ3n) is 4.78. The average molecular weight is 419 g/mol. The van der Waals surface area contributed by atoms with E-state index in [2.05, 4.69) is 52.2 Å². The van der Waals surface area contributed by atoms with E-state index in [1.54, 1.807) is 13.2 Å². The van der Waals surface area contributed by atoms with Gasteiger partial charge in [-0.25, -0.2) is 4.99 Å². The average Bonchev–Trinajstić information content (AvgIpc) is 3.30. The van der Waals surface area contributed by atoms with Crippen molar-refractivity contribution in [3.63, 3.8) is 0 Å². The summed E-state index contributed by atoms with van der Waals surface area (Å²) in [5, 5.41) is 13.6. The van der Waals surface area contributed by atoms with Gasteiger partial charge in [-0.2, -0.15) is 5.10 Å². The van der Waals surface area contributed by atoms with Gasteiger partial charge >= 0.3 is 0 Å². The Kier molecular flexibility index (Phi) is 8.22. The maximum atomic E-state index is 11.8. The number of guanidine groups is 1. The third-order valence-corrected chi connectivity index (χ3v) is 4.78. The van der Waals surface area contributed by atoms with Gasteiger partial charge < -0.3 is 16.0 Å². The Balaban J connectivity index is 1.56. The van der Waals surface area contributed by atoms with E-state index in [0.29, 0.717) is 12.1 Å². The quantitative estimate of drug-likeness (QED) is 0.368. The second kappa shape index (κ2) is 11.5. The van der Waals surface area contributed by atoms with Crippen molar-refractivity contribution in [3.8, 4) is 0 Å². The smallest absolute Gasteiger partial charge is 0.251 e. The molecule has 0 aliphatic heterocycles. The van der Waals surface area contributed by atoms with E-state index in [0.717, 1.165) is 43.1 Å². The van der Waals surface area contributed by atoms with Gasteiger partial charge in [-0.15, -0.1) is 0 Å². The molecule has 0 saturated heterocycles. The highest BCUT2D eigenvalue weighted by atomic mass is 16.1. The number of rotatable bonds is 9. The summed E-state index contributed by atoms with van der Waals surface area (Å²) < 4.78 is 1.91. The summed E-state index contributed by atoms with van der Waals surface area (Å²) >= 11 is 0. The van der Waals surface area contributed by atoms with Gasteiger partial charge in [0, 0.05) is 38.1 Å². The molecule has 0 atom stereocenters. The van der Waals surface area contributed by atoms with Gasteiger partial charge in [0.15, 0.2) is 5.96 Å². The number of benzene rings is 2. The van der Waals surface area contributed by atoms with Crippen molar-refractivity contribution in [1.29, 1.82) is 0 Å². The van der Waals surface area contributed by atoms with E-state index in [9.17, 15) is 4.79 Å². The minimum atomic E-state index is -0.0699. The molecular weight excluding hydrogens is 388 g/mol. The first-order chi connectivity index (χ1) is 15.2. The van der Waals surface area contributed by atoms with Crippen molar-refractivity contribution in [1.82, 2.24) is 25.7 Å². The molecule has 7 nitrogen and oxygen atoms in total. The van der Waals surface area contributed by atoms with Crippen LogP contribution in [-0.2, 0) is 19.5 Å². The summed E-state index contributed by atoms with van der Waals surface area (Å²) in [6.45, 7) is 4.90. The minimum absolute atomic E-state index is 0.0699. The maximum Gasteiger partial charge on any atom is 0.251 e. The van der Waals surface area contributed by atoms with Crippen molar-refractivity contribution in [3.05, 3.63) is 89.2 Å². The highest BCUT2D eigenvalue weighted by Gasteiger charge is 2.04. The van der Waals surface area contributed by atoms with Gasteiger partial charge in [-0.3, -0.25) is 9.48 Å². The molecule has 3 rings (SSSR count). The second-order valence-corrected chi connectivity index (χ2v) is 7.18. The van der Waals surface area contributed by atoms with Gasteiger partial charge in [0.2, 0.25) is 0 Å². The van der Waals surface area contributed by atoms with Crippen LogP contribution in [-0.4, -0.2) is 41.8 Å². The van der Waals surface area contributed by atoms with Gasteiger partial charge in [0.25, 0.3) is 5.91 Å². The Morgan fingerprint density at radius 1 is 1.03 bits per heavy atom. The Bertz CT molecular complexity index is 997. The highest BCUT2D eigenvalue weighted by Crippen LogP contribution is 2.09. The van der Waals surface area contributed by atoms with Gasteiger partial charge in [-0.05, 0) is 48.2 Å². The van der Waals surface area contributed by atoms with E-state index in [-0.39, 0.29) is 5.91 Å². The molecule has 0 aliphatic rings. The normalized spacial score (nSPS) is 11.2. The zero-order valence-electron chi connectivity index (χ0n) is 18.1. The monoisotopic (exact) mass is 418 g/mol. The van der Waals surface area contributed by atoms with Crippen LogP contribution in [0.2, 0.25) is 0 Å². The number of aromatic nitrogens is 2. The van der Waals surface area contributed by atoms with Gasteiger partial charge in [0.05, 0.1) is 13.1 Å². The molecule has 1 amide bonds. The standard InChI is InChI=1S/C24H30N6O/c1-3-26-24(27-13-11-19-7-5-10-22(16-19)23(31)25-2)28-17-20-8-4-9-21(15-20)18-30-14-6-12-29-30/h4-10,12,14-16H,3,11,13,17-18H2,1-2H3,(H,25,31)(H2,26,27,28). The first-order valence-electron chi connectivity index (χ1n) is 10.6. The van der Waals surface area contributed by atoms with Crippen LogP contribution in [0.25, 0.3) is 0 Å². The number of hydrogen-bond donors (Lipinski definition) is 3. The molecule has 0 unspecified atom stereocenters. The third kappa shape index (κ3) is 6.99. The van der Waals surface area contributed by atoms with Crippen LogP contribution in [0.1, 0.15) is 34.0 Å². The highest BCUT2D eigenvalue weighted by molar-refractivity contribution is 5.94. The number of amides is 1. The number of hydrogen-bond acceptors (Lipinski definition) is 3. The van der Waals surface area contributed by atoms with Crippen LogP contribution in [0.5, 0.6) is 0 Å². The zero-order chi connectivity index (χ0) is 21.9. The van der Waals surface area contributed by atoms with Crippen molar-refractivity contribution in [2.75, 3.05) is 20.1 Å². The molecule has 31 heavy (non-hydrogen) atoms. The van der Waals surface area contributed by atoms with E-state index in [1.807, 2.05) is 41.2 Å². The van der Waals surface area contributed by atoms with E-state index < -0.39 is 0 Å². The lowest BCUT2D eigenvalue weighted by atomic mass is 10.1. The number of carbonyl (C=O) groups excluding carboxylic acids is 1. The maximum absolute atomic E-state index is 11.8. The molecule has 2 aromatic carbocycles. The molecule has 7 heteroatoms. The number of nitrogens with one attached hydrogen (secondary N) is 3. The molecule has 1 heterocycles. The van der Waals surface area contributed by atoms with Crippen LogP contribution in [0, 0.1) is 0 Å². The summed E-state index contributed by atoms with van der Waals surface area (Å²) in [5.41, 5.74) is 4.14. The predicted molar refractivity (Wildman–Crippen MR) is 124 cm³/mol. The lowest BCUT2D eigenvalue weighted by Gasteiger charge is -2.12. The van der Waals surface area contributed by atoms with Crippen LogP contribution in [0.15, 0.2) is 72.0 Å². The molecule has 0 radical (unpaired) electrons. The predicted octanol–water partition coefficient (Wildman–Crippen LogP) is 2.59. The molecule has 0 saturated carbocycles. The molecule has 1 aromatic heterocycles. The fourth-order valence-electron chi connectivity index (χ4n) is 3.26. The second-order valence-electron chi connectivity index (χ2n) is 7.18. The molecule has 0 spiro atoms. The Morgan fingerprint density at radius 3 is 2.61 bits per heavy atom. The van der Waals surface area contributed by atoms with E-state index in [4.69, 9.17) is 4.99 Å². The van der Waals surface area contributed by atoms with Crippen LogP contribution in [0.4, 0.5) is 0 Å². The Morgan fingerprint density at radius 2 is 1.84 bits per heavy atom. The molecule has 162 valence electrons. The molecular formula is C24H30N6O. The topological polar surface area (TPSA) is 83.3 Å². The van der Waals surface area contributed by atoms with Crippen molar-refractivity contribution in [2.45, 2.75) is 26.4 Å². The molecule has 0 bridgehead atoms. The van der Waals surface area contributed by atoms with Crippen molar-refractivity contribution in [2.24, 2.45) is 4.99 Å². The molecule has 3 aromatic rings. The lowest BCUT2D eigenvalue weighted by Crippen LogP contribution is -2.38. The fraction of sp³-hybridized carbons (Fsp3) is 0.292. The Hall–Kier alpha value is -3.61. The zero-order valence-corrected chi connectivity index (χ0v) is 18.1. The van der Waals surface area contributed by atoms with E-state index in [1.165, 1.54) is 5.56 Å². The SMILES string of the molecule is CCNC(=NCc1cccc(Cn2cccn2)c1)NCCc1cccc(C(=O)NC)c1. The minimum Gasteiger partial charge on any atom is -0.357 e. The molecule has 3 N–H and O–H groups in total. The summed E-state index contributed by atoms with van der Waals surface area (Å²) in [7, 11) is 1.64. The van der Waals surface area contributed by atoms with Crippen LogP contribution >= 0.6 is 0 Å². The summed E-state index contributed by atoms with van der Waals surface area (Å²) in [4.78, 5) is 16.5. The van der Waals surface area contributed by atoms with Crippen molar-refractivity contribution >= 4 is 11.9 Å². The Labute approximate surface area is 183 Å². The lowest BCUT2D eigenvalue weighted by molar-refractivity contribution is 0.0963. The van der Waals surface area contributed by atoms with Gasteiger partial charge in [-0.1, -0.05) is 36.4 Å². The fourth-order valence-corrected chi connectivity index (χ4v) is 3.26. The number of nitrogens with zero attached hydrogens (tertiary/aromatic N) is 3. The summed E-state index contributed by atoms with van der Waals surface area (Å²) in [6.07, 6.45) is 4.55. The van der Waals surface area contributed by atoms with Crippen molar-refractivity contribution < 1.29 is 4.79 Å². The molecule has 0 fully saturated rings.